The Morgan fingerprint density at radius 2 is 2.00 bits per heavy atom. The molecule has 5 nitrogen and oxygen atoms in total. The van der Waals surface area contributed by atoms with Crippen molar-refractivity contribution in [2.45, 2.75) is 32.6 Å². The summed E-state index contributed by atoms with van der Waals surface area (Å²) >= 11 is 0. The molecule has 0 aliphatic heterocycles. The first kappa shape index (κ1) is 18.9. The smallest absolute Gasteiger partial charge is 0.416 e. The molecule has 1 aromatic heterocycles. The molecule has 1 atom stereocenters. The van der Waals surface area contributed by atoms with Crippen molar-refractivity contribution in [2.75, 3.05) is 0 Å². The van der Waals surface area contributed by atoms with E-state index >= 15 is 0 Å². The maximum atomic E-state index is 13.3. The highest BCUT2D eigenvalue weighted by Gasteiger charge is 2.31. The largest absolute Gasteiger partial charge is 0.446 e. The lowest BCUT2D eigenvalue weighted by Gasteiger charge is -2.10. The Labute approximate surface area is 141 Å². The third kappa shape index (κ3) is 4.79. The Bertz CT molecular complexity index is 756. The molecular weight excluding hydrogens is 342 g/mol. The molecule has 1 unspecified atom stereocenters. The van der Waals surface area contributed by atoms with E-state index in [-0.39, 0.29) is 29.6 Å². The number of carbonyl (C=O) groups is 1. The van der Waals surface area contributed by atoms with Crippen LogP contribution < -0.4 is 11.1 Å². The number of amides is 1. The third-order valence-corrected chi connectivity index (χ3v) is 3.50. The fourth-order valence-electron chi connectivity index (χ4n) is 2.02. The van der Waals surface area contributed by atoms with Crippen LogP contribution >= 0.6 is 0 Å². The quantitative estimate of drug-likeness (QED) is 0.802. The van der Waals surface area contributed by atoms with Gasteiger partial charge in [0.1, 0.15) is 12.1 Å². The molecule has 0 spiro atoms. The number of alkyl halides is 3. The molecule has 0 saturated carbocycles. The van der Waals surface area contributed by atoms with Crippen LogP contribution in [0, 0.1) is 11.7 Å². The molecule has 3 N–H and O–H groups in total. The monoisotopic (exact) mass is 359 g/mol. The van der Waals surface area contributed by atoms with Crippen molar-refractivity contribution in [3.8, 4) is 0 Å². The lowest BCUT2D eigenvalue weighted by atomic mass is 10.1. The lowest BCUT2D eigenvalue weighted by Crippen LogP contribution is -2.24. The highest BCUT2D eigenvalue weighted by molar-refractivity contribution is 5.91. The van der Waals surface area contributed by atoms with Crippen LogP contribution in [0.1, 0.15) is 47.4 Å². The Kier molecular flexibility index (Phi) is 5.46. The van der Waals surface area contributed by atoms with E-state index in [9.17, 15) is 22.4 Å². The standard InChI is InChI=1S/C16H17F4N3O2/c1-8(2)13(21)15-23-12(7-25-15)14(24)22-6-9-3-10(16(18,19)20)5-11(17)4-9/h3-5,7-8,13H,6,21H2,1-2H3,(H,22,24). The van der Waals surface area contributed by atoms with Crippen molar-refractivity contribution in [1.29, 1.82) is 0 Å². The number of nitrogens with two attached hydrogens (primary N) is 1. The van der Waals surface area contributed by atoms with Crippen LogP contribution in [0.25, 0.3) is 0 Å². The maximum Gasteiger partial charge on any atom is 0.416 e. The Morgan fingerprint density at radius 1 is 1.32 bits per heavy atom. The minimum Gasteiger partial charge on any atom is -0.446 e. The summed E-state index contributed by atoms with van der Waals surface area (Å²) in [6, 6.07) is 1.59. The van der Waals surface area contributed by atoms with Crippen LogP contribution in [0.15, 0.2) is 28.9 Å². The fourth-order valence-corrected chi connectivity index (χ4v) is 2.02. The van der Waals surface area contributed by atoms with E-state index in [4.69, 9.17) is 10.2 Å². The maximum absolute atomic E-state index is 13.3. The average Bonchev–Trinajstić information content (AvgIpc) is 3.00. The van der Waals surface area contributed by atoms with E-state index in [0.717, 1.165) is 18.4 Å². The molecule has 0 fully saturated rings. The molecular formula is C16H17F4N3O2. The second-order valence-corrected chi connectivity index (χ2v) is 5.87. The molecule has 0 aliphatic carbocycles. The van der Waals surface area contributed by atoms with Gasteiger partial charge < -0.3 is 15.5 Å². The average molecular weight is 359 g/mol. The van der Waals surface area contributed by atoms with Crippen molar-refractivity contribution < 1.29 is 26.8 Å². The highest BCUT2D eigenvalue weighted by Crippen LogP contribution is 2.30. The zero-order valence-corrected chi connectivity index (χ0v) is 13.5. The summed E-state index contributed by atoms with van der Waals surface area (Å²) in [6.45, 7) is 3.42. The van der Waals surface area contributed by atoms with E-state index in [2.05, 4.69) is 10.3 Å². The number of carbonyl (C=O) groups excluding carboxylic acids is 1. The Hall–Kier alpha value is -2.42. The summed E-state index contributed by atoms with van der Waals surface area (Å²) in [7, 11) is 0. The molecule has 0 saturated heterocycles. The number of halogens is 4. The van der Waals surface area contributed by atoms with Crippen molar-refractivity contribution in [3.05, 3.63) is 53.0 Å². The molecule has 1 heterocycles. The summed E-state index contributed by atoms with van der Waals surface area (Å²) in [4.78, 5) is 16.0. The van der Waals surface area contributed by atoms with Crippen LogP contribution in [0.4, 0.5) is 17.6 Å². The van der Waals surface area contributed by atoms with Crippen molar-refractivity contribution in [2.24, 2.45) is 11.7 Å². The van der Waals surface area contributed by atoms with Crippen LogP contribution in [0.5, 0.6) is 0 Å². The molecule has 2 rings (SSSR count). The summed E-state index contributed by atoms with van der Waals surface area (Å²) in [5, 5.41) is 2.37. The number of oxazole rings is 1. The van der Waals surface area contributed by atoms with E-state index in [1.807, 2.05) is 13.8 Å². The molecule has 0 radical (unpaired) electrons. The lowest BCUT2D eigenvalue weighted by molar-refractivity contribution is -0.137. The van der Waals surface area contributed by atoms with E-state index in [1.54, 1.807) is 0 Å². The summed E-state index contributed by atoms with van der Waals surface area (Å²) in [5.41, 5.74) is 4.65. The van der Waals surface area contributed by atoms with Crippen molar-refractivity contribution in [3.63, 3.8) is 0 Å². The molecule has 1 aromatic carbocycles. The SMILES string of the molecule is CC(C)C(N)c1nc(C(=O)NCc2cc(F)cc(C(F)(F)F)c2)co1. The minimum absolute atomic E-state index is 0.0247. The first-order valence-corrected chi connectivity index (χ1v) is 7.43. The van der Waals surface area contributed by atoms with Crippen LogP contribution in [0.3, 0.4) is 0 Å². The van der Waals surface area contributed by atoms with E-state index in [1.165, 1.54) is 0 Å². The van der Waals surface area contributed by atoms with Gasteiger partial charge >= 0.3 is 6.18 Å². The second kappa shape index (κ2) is 7.22. The number of hydrogen-bond donors (Lipinski definition) is 2. The summed E-state index contributed by atoms with van der Waals surface area (Å²) < 4.78 is 56.5. The first-order chi connectivity index (χ1) is 11.6. The molecule has 2 aromatic rings. The van der Waals surface area contributed by atoms with E-state index in [0.29, 0.717) is 6.07 Å². The molecule has 0 bridgehead atoms. The number of rotatable bonds is 5. The predicted octanol–water partition coefficient (Wildman–Crippen LogP) is 3.42. The molecule has 0 aliphatic rings. The van der Waals surface area contributed by atoms with Gasteiger partial charge in [0.25, 0.3) is 5.91 Å². The Balaban J connectivity index is 2.07. The van der Waals surface area contributed by atoms with Crippen molar-refractivity contribution in [1.82, 2.24) is 10.3 Å². The fraction of sp³-hybridized carbons (Fsp3) is 0.375. The molecule has 9 heteroatoms. The van der Waals surface area contributed by atoms with Crippen LogP contribution in [-0.4, -0.2) is 10.9 Å². The summed E-state index contributed by atoms with van der Waals surface area (Å²) in [5.74, 6) is -1.47. The van der Waals surface area contributed by atoms with Gasteiger partial charge in [0, 0.05) is 6.54 Å². The number of hydrogen-bond acceptors (Lipinski definition) is 4. The van der Waals surface area contributed by atoms with Gasteiger partial charge in [0.05, 0.1) is 11.6 Å². The molecule has 1 amide bonds. The van der Waals surface area contributed by atoms with Gasteiger partial charge in [0.15, 0.2) is 5.69 Å². The van der Waals surface area contributed by atoms with Gasteiger partial charge in [-0.25, -0.2) is 9.37 Å². The number of benzene rings is 1. The number of aromatic nitrogens is 1. The van der Waals surface area contributed by atoms with Gasteiger partial charge in [0.2, 0.25) is 5.89 Å². The van der Waals surface area contributed by atoms with Gasteiger partial charge in [-0.1, -0.05) is 13.8 Å². The minimum atomic E-state index is -4.67. The zero-order valence-electron chi connectivity index (χ0n) is 13.5. The van der Waals surface area contributed by atoms with Crippen LogP contribution in [0.2, 0.25) is 0 Å². The van der Waals surface area contributed by atoms with Gasteiger partial charge in [-0.15, -0.1) is 0 Å². The predicted molar refractivity (Wildman–Crippen MR) is 80.8 cm³/mol. The topological polar surface area (TPSA) is 81.1 Å². The van der Waals surface area contributed by atoms with Gasteiger partial charge in [-0.05, 0) is 29.7 Å². The van der Waals surface area contributed by atoms with Crippen LogP contribution in [-0.2, 0) is 12.7 Å². The van der Waals surface area contributed by atoms with Gasteiger partial charge in [-0.2, -0.15) is 13.2 Å². The number of nitrogens with zero attached hydrogens (tertiary/aromatic N) is 1. The normalized spacial score (nSPS) is 13.1. The third-order valence-electron chi connectivity index (χ3n) is 3.50. The van der Waals surface area contributed by atoms with E-state index < -0.39 is 29.5 Å². The second-order valence-electron chi connectivity index (χ2n) is 5.87. The zero-order chi connectivity index (χ0) is 18.8. The molecule has 25 heavy (non-hydrogen) atoms. The van der Waals surface area contributed by atoms with Crippen molar-refractivity contribution >= 4 is 5.91 Å². The Morgan fingerprint density at radius 3 is 2.60 bits per heavy atom. The number of nitrogens with one attached hydrogen (secondary N) is 1. The first-order valence-electron chi connectivity index (χ1n) is 7.43. The summed E-state index contributed by atoms with van der Waals surface area (Å²) in [6.07, 6.45) is -3.56. The molecule has 136 valence electrons. The van der Waals surface area contributed by atoms with Gasteiger partial charge in [-0.3, -0.25) is 4.79 Å². The highest BCUT2D eigenvalue weighted by atomic mass is 19.4.